The number of nitrogens with one attached hydrogen (secondary N) is 2. The lowest BCUT2D eigenvalue weighted by Crippen LogP contribution is -2.32. The molecular weight excluding hydrogens is 276 g/mol. The molecule has 0 spiro atoms. The van der Waals surface area contributed by atoms with Gasteiger partial charge in [-0.25, -0.2) is 17.6 Å². The van der Waals surface area contributed by atoms with Gasteiger partial charge in [0.25, 0.3) is 5.91 Å². The van der Waals surface area contributed by atoms with Crippen LogP contribution in [-0.4, -0.2) is 26.0 Å². The Morgan fingerprint density at radius 3 is 2.06 bits per heavy atom. The molecule has 0 aliphatic heterocycles. The van der Waals surface area contributed by atoms with Gasteiger partial charge >= 0.3 is 0 Å². The summed E-state index contributed by atoms with van der Waals surface area (Å²) in [4.78, 5) is 11.3. The number of carbonyl (C=O) groups is 1. The van der Waals surface area contributed by atoms with Crippen LogP contribution in [0.3, 0.4) is 0 Å². The second-order valence-corrected chi connectivity index (χ2v) is 3.20. The predicted molar refractivity (Wildman–Crippen MR) is 59.8 cm³/mol. The summed E-state index contributed by atoms with van der Waals surface area (Å²) in [7, 11) is 1.61. The van der Waals surface area contributed by atoms with Crippen molar-refractivity contribution in [2.24, 2.45) is 0 Å². The van der Waals surface area contributed by atoms with Crippen LogP contribution in [0.5, 0.6) is 0 Å². The lowest BCUT2D eigenvalue weighted by atomic mass is 10.1. The maximum absolute atomic E-state index is 13.1. The molecular formula is C10H11ClF4N2O. The van der Waals surface area contributed by atoms with Crippen LogP contribution in [0.25, 0.3) is 0 Å². The standard InChI is InChI=1S/C10H10F4N2O.ClH/c1-15-2-3-16-10(17)7-8(13)5(11)4-6(12)9(7)14;/h4,15H,2-3H2,1H3,(H,16,17);1H. The van der Waals surface area contributed by atoms with E-state index in [1.54, 1.807) is 7.05 Å². The van der Waals surface area contributed by atoms with Crippen molar-refractivity contribution >= 4 is 18.3 Å². The summed E-state index contributed by atoms with van der Waals surface area (Å²) >= 11 is 0. The first-order valence-corrected chi connectivity index (χ1v) is 4.74. The van der Waals surface area contributed by atoms with Crippen molar-refractivity contribution in [2.45, 2.75) is 0 Å². The average molecular weight is 287 g/mol. The minimum atomic E-state index is -1.70. The number of likely N-dealkylation sites (N-methyl/N-ethyl adjacent to an activating group) is 1. The van der Waals surface area contributed by atoms with Crippen LogP contribution in [0.1, 0.15) is 10.4 Å². The van der Waals surface area contributed by atoms with Gasteiger partial charge in [-0.3, -0.25) is 4.79 Å². The van der Waals surface area contributed by atoms with Crippen LogP contribution in [0.4, 0.5) is 17.6 Å². The van der Waals surface area contributed by atoms with E-state index >= 15 is 0 Å². The van der Waals surface area contributed by atoms with E-state index in [1.807, 2.05) is 0 Å². The number of halogens is 5. The Morgan fingerprint density at radius 2 is 1.61 bits per heavy atom. The number of hydrogen-bond acceptors (Lipinski definition) is 2. The van der Waals surface area contributed by atoms with Gasteiger partial charge in [0, 0.05) is 19.2 Å². The summed E-state index contributed by atoms with van der Waals surface area (Å²) in [6, 6.07) is 0.0506. The molecule has 2 N–H and O–H groups in total. The SMILES string of the molecule is CNCCNC(=O)c1c(F)c(F)cc(F)c1F.Cl. The van der Waals surface area contributed by atoms with Crippen LogP contribution in [0.15, 0.2) is 6.07 Å². The summed E-state index contributed by atoms with van der Waals surface area (Å²) in [6.45, 7) is 0.430. The molecule has 3 nitrogen and oxygen atoms in total. The minimum Gasteiger partial charge on any atom is -0.351 e. The highest BCUT2D eigenvalue weighted by Gasteiger charge is 2.24. The van der Waals surface area contributed by atoms with Gasteiger partial charge < -0.3 is 10.6 Å². The third-order valence-corrected chi connectivity index (χ3v) is 2.00. The number of hydrogen-bond donors (Lipinski definition) is 2. The molecule has 0 radical (unpaired) electrons. The lowest BCUT2D eigenvalue weighted by molar-refractivity contribution is 0.0943. The zero-order valence-electron chi connectivity index (χ0n) is 9.32. The van der Waals surface area contributed by atoms with E-state index in [0.717, 1.165) is 0 Å². The molecule has 0 unspecified atom stereocenters. The van der Waals surface area contributed by atoms with Gasteiger partial charge in [0.15, 0.2) is 23.3 Å². The molecule has 0 heterocycles. The number of carbonyl (C=O) groups excluding carboxylic acids is 1. The second kappa shape index (κ2) is 7.17. The Labute approximate surface area is 107 Å². The summed E-state index contributed by atoms with van der Waals surface area (Å²) < 4.78 is 51.9. The van der Waals surface area contributed by atoms with Gasteiger partial charge in [0.2, 0.25) is 0 Å². The monoisotopic (exact) mass is 286 g/mol. The molecule has 8 heteroatoms. The predicted octanol–water partition coefficient (Wildman–Crippen LogP) is 1.61. The van der Waals surface area contributed by atoms with Crippen molar-refractivity contribution in [2.75, 3.05) is 20.1 Å². The summed E-state index contributed by atoms with van der Waals surface area (Å²) in [5.41, 5.74) is -1.25. The molecule has 0 aliphatic carbocycles. The molecule has 1 aromatic carbocycles. The fraction of sp³-hybridized carbons (Fsp3) is 0.300. The summed E-state index contributed by atoms with van der Waals surface area (Å²) in [6.07, 6.45) is 0. The van der Waals surface area contributed by atoms with Gasteiger partial charge in [0.05, 0.1) is 0 Å². The van der Waals surface area contributed by atoms with Crippen LogP contribution in [0, 0.1) is 23.3 Å². The first kappa shape index (κ1) is 16.7. The zero-order valence-corrected chi connectivity index (χ0v) is 10.1. The van der Waals surface area contributed by atoms with Gasteiger partial charge in [-0.2, -0.15) is 0 Å². The van der Waals surface area contributed by atoms with E-state index in [2.05, 4.69) is 10.6 Å². The molecule has 0 aromatic heterocycles. The smallest absolute Gasteiger partial charge is 0.257 e. The topological polar surface area (TPSA) is 41.1 Å². The number of rotatable bonds is 4. The third-order valence-electron chi connectivity index (χ3n) is 2.00. The zero-order chi connectivity index (χ0) is 13.0. The molecule has 1 amide bonds. The van der Waals surface area contributed by atoms with Gasteiger partial charge in [0.1, 0.15) is 5.56 Å². The summed E-state index contributed by atoms with van der Waals surface area (Å²) in [5.74, 6) is -7.82. The first-order valence-electron chi connectivity index (χ1n) is 4.74. The maximum atomic E-state index is 13.1. The van der Waals surface area contributed by atoms with E-state index in [1.165, 1.54) is 0 Å². The Morgan fingerprint density at radius 1 is 1.11 bits per heavy atom. The van der Waals surface area contributed by atoms with Crippen LogP contribution in [0.2, 0.25) is 0 Å². The average Bonchev–Trinajstić information content (AvgIpc) is 2.27. The van der Waals surface area contributed by atoms with Gasteiger partial charge in [-0.1, -0.05) is 0 Å². The van der Waals surface area contributed by atoms with E-state index < -0.39 is 34.7 Å². The lowest BCUT2D eigenvalue weighted by Gasteiger charge is -2.07. The van der Waals surface area contributed by atoms with E-state index in [-0.39, 0.29) is 25.0 Å². The van der Waals surface area contributed by atoms with Gasteiger partial charge in [-0.15, -0.1) is 12.4 Å². The summed E-state index contributed by atoms with van der Waals surface area (Å²) in [5, 5.41) is 4.80. The fourth-order valence-electron chi connectivity index (χ4n) is 1.16. The molecule has 1 rings (SSSR count). The maximum Gasteiger partial charge on any atom is 0.257 e. The highest BCUT2D eigenvalue weighted by Crippen LogP contribution is 2.18. The molecule has 1 aromatic rings. The highest BCUT2D eigenvalue weighted by atomic mass is 35.5. The van der Waals surface area contributed by atoms with E-state index in [0.29, 0.717) is 6.54 Å². The van der Waals surface area contributed by atoms with Crippen molar-refractivity contribution < 1.29 is 22.4 Å². The fourth-order valence-corrected chi connectivity index (χ4v) is 1.16. The minimum absolute atomic E-state index is 0. The quantitative estimate of drug-likeness (QED) is 0.502. The Hall–Kier alpha value is -1.34. The normalized spacial score (nSPS) is 9.83. The largest absolute Gasteiger partial charge is 0.351 e. The van der Waals surface area contributed by atoms with Crippen molar-refractivity contribution in [1.82, 2.24) is 10.6 Å². The molecule has 102 valence electrons. The van der Waals surface area contributed by atoms with Crippen molar-refractivity contribution in [1.29, 1.82) is 0 Å². The number of amides is 1. The molecule has 0 aliphatic rings. The van der Waals surface area contributed by atoms with Gasteiger partial charge in [-0.05, 0) is 7.05 Å². The Balaban J connectivity index is 0.00000289. The van der Waals surface area contributed by atoms with Crippen LogP contribution < -0.4 is 10.6 Å². The second-order valence-electron chi connectivity index (χ2n) is 3.20. The van der Waals surface area contributed by atoms with Crippen molar-refractivity contribution in [3.63, 3.8) is 0 Å². The Bertz CT molecular complexity index is 416. The molecule has 0 saturated heterocycles. The molecule has 0 fully saturated rings. The van der Waals surface area contributed by atoms with E-state index in [4.69, 9.17) is 0 Å². The molecule has 18 heavy (non-hydrogen) atoms. The van der Waals surface area contributed by atoms with Crippen molar-refractivity contribution in [3.05, 3.63) is 34.9 Å². The molecule has 0 bridgehead atoms. The van der Waals surface area contributed by atoms with Crippen LogP contribution in [-0.2, 0) is 0 Å². The van der Waals surface area contributed by atoms with Crippen molar-refractivity contribution in [3.8, 4) is 0 Å². The molecule has 0 atom stereocenters. The number of benzene rings is 1. The Kier molecular flexibility index (Phi) is 6.64. The highest BCUT2D eigenvalue weighted by molar-refractivity contribution is 5.94. The third kappa shape index (κ3) is 3.58. The van der Waals surface area contributed by atoms with Crippen LogP contribution >= 0.6 is 12.4 Å². The van der Waals surface area contributed by atoms with E-state index in [9.17, 15) is 22.4 Å². The first-order chi connectivity index (χ1) is 7.99. The molecule has 0 saturated carbocycles.